The van der Waals surface area contributed by atoms with Crippen molar-refractivity contribution in [2.24, 2.45) is 10.9 Å². The summed E-state index contributed by atoms with van der Waals surface area (Å²) in [5.74, 6) is -0.333. The Labute approximate surface area is 192 Å². The van der Waals surface area contributed by atoms with E-state index in [9.17, 15) is 14.4 Å². The number of amidine groups is 1. The molecule has 8 nitrogen and oxygen atoms in total. The molecule has 1 aromatic carbocycles. The van der Waals surface area contributed by atoms with Crippen LogP contribution in [0.3, 0.4) is 0 Å². The number of benzene rings is 1. The lowest BCUT2D eigenvalue weighted by molar-refractivity contribution is -0.141. The summed E-state index contributed by atoms with van der Waals surface area (Å²) in [5, 5.41) is 0.231. The van der Waals surface area contributed by atoms with Gasteiger partial charge in [-0.2, -0.15) is 0 Å². The number of aliphatic imine (C=N–C) groups is 1. The van der Waals surface area contributed by atoms with Crippen molar-refractivity contribution in [2.45, 2.75) is 52.8 Å². The Morgan fingerprint density at radius 2 is 1.97 bits per heavy atom. The van der Waals surface area contributed by atoms with Gasteiger partial charge in [0.2, 0.25) is 5.91 Å². The highest BCUT2D eigenvalue weighted by Crippen LogP contribution is 2.45. The number of esters is 2. The number of rotatable bonds is 7. The summed E-state index contributed by atoms with van der Waals surface area (Å²) < 4.78 is 16.4. The van der Waals surface area contributed by atoms with E-state index in [1.807, 2.05) is 27.7 Å². The van der Waals surface area contributed by atoms with Gasteiger partial charge in [0.1, 0.15) is 0 Å². The van der Waals surface area contributed by atoms with Crippen molar-refractivity contribution in [1.29, 1.82) is 0 Å². The predicted octanol–water partition coefficient (Wildman–Crippen LogP) is 3.86. The minimum absolute atomic E-state index is 0.137. The van der Waals surface area contributed by atoms with Crippen molar-refractivity contribution in [1.82, 2.24) is 4.90 Å². The lowest BCUT2D eigenvalue weighted by Crippen LogP contribution is -2.40. The molecule has 0 unspecified atom stereocenters. The third kappa shape index (κ3) is 4.82. The highest BCUT2D eigenvalue weighted by Gasteiger charge is 2.46. The Hall–Kier alpha value is -2.81. The van der Waals surface area contributed by atoms with E-state index in [4.69, 9.17) is 14.2 Å². The van der Waals surface area contributed by atoms with E-state index in [1.165, 1.54) is 18.7 Å². The number of fused-ring (bicyclic) bond motifs is 1. The minimum atomic E-state index is -0.724. The van der Waals surface area contributed by atoms with Gasteiger partial charge in [-0.15, -0.1) is 0 Å². The summed E-state index contributed by atoms with van der Waals surface area (Å²) in [5.41, 5.74) is 1.45. The summed E-state index contributed by atoms with van der Waals surface area (Å²) in [6.07, 6.45) is 0. The number of ether oxygens (including phenoxy) is 3. The van der Waals surface area contributed by atoms with E-state index in [0.717, 1.165) is 0 Å². The van der Waals surface area contributed by atoms with Crippen molar-refractivity contribution < 1.29 is 28.6 Å². The lowest BCUT2D eigenvalue weighted by atomic mass is 9.94. The van der Waals surface area contributed by atoms with Gasteiger partial charge in [-0.3, -0.25) is 14.5 Å². The molecule has 172 valence electrons. The fourth-order valence-electron chi connectivity index (χ4n) is 3.50. The number of hydrogen-bond donors (Lipinski definition) is 0. The van der Waals surface area contributed by atoms with Crippen molar-refractivity contribution in [2.75, 3.05) is 13.2 Å². The number of allylic oxidation sites excluding steroid dienone is 1. The normalized spacial score (nSPS) is 20.3. The molecule has 1 aromatic rings. The first-order chi connectivity index (χ1) is 15.1. The number of carbonyl (C=O) groups excluding carboxylic acids is 3. The van der Waals surface area contributed by atoms with E-state index in [1.54, 1.807) is 30.0 Å². The van der Waals surface area contributed by atoms with Crippen LogP contribution in [0.1, 0.15) is 53.1 Å². The van der Waals surface area contributed by atoms with E-state index in [2.05, 4.69) is 4.99 Å². The molecule has 2 heterocycles. The van der Waals surface area contributed by atoms with E-state index < -0.39 is 18.0 Å². The Morgan fingerprint density at radius 3 is 2.59 bits per heavy atom. The third-order valence-corrected chi connectivity index (χ3v) is 5.92. The van der Waals surface area contributed by atoms with Crippen LogP contribution in [-0.4, -0.2) is 46.4 Å². The maximum absolute atomic E-state index is 13.1. The zero-order valence-corrected chi connectivity index (χ0v) is 19.9. The number of amides is 1. The topological polar surface area (TPSA) is 94.5 Å². The Kier molecular flexibility index (Phi) is 7.28. The summed E-state index contributed by atoms with van der Waals surface area (Å²) in [4.78, 5) is 43.7. The maximum atomic E-state index is 13.1. The molecule has 0 spiro atoms. The molecule has 0 aliphatic carbocycles. The number of carbonyl (C=O) groups is 3. The second-order valence-electron chi connectivity index (χ2n) is 7.99. The Balaban J connectivity index is 2.11. The second kappa shape index (κ2) is 9.77. The molecule has 1 saturated heterocycles. The molecule has 0 aromatic heterocycles. The van der Waals surface area contributed by atoms with Crippen LogP contribution in [0.25, 0.3) is 0 Å². The van der Waals surface area contributed by atoms with Gasteiger partial charge in [-0.25, -0.2) is 9.79 Å². The largest absolute Gasteiger partial charge is 0.490 e. The fourth-order valence-corrected chi connectivity index (χ4v) is 4.53. The van der Waals surface area contributed by atoms with Gasteiger partial charge in [0.15, 0.2) is 16.7 Å². The van der Waals surface area contributed by atoms with Crippen molar-refractivity contribution in [3.63, 3.8) is 0 Å². The van der Waals surface area contributed by atoms with Gasteiger partial charge in [0.25, 0.3) is 0 Å². The molecule has 0 saturated carbocycles. The van der Waals surface area contributed by atoms with Gasteiger partial charge in [0, 0.05) is 6.92 Å². The highest BCUT2D eigenvalue weighted by atomic mass is 32.2. The Morgan fingerprint density at radius 1 is 1.25 bits per heavy atom. The van der Waals surface area contributed by atoms with Crippen LogP contribution in [0.5, 0.6) is 11.5 Å². The first-order valence-corrected chi connectivity index (χ1v) is 11.4. The van der Waals surface area contributed by atoms with Crippen LogP contribution in [0.2, 0.25) is 0 Å². The summed E-state index contributed by atoms with van der Waals surface area (Å²) in [7, 11) is 0. The molecule has 0 radical (unpaired) electrons. The molecular formula is C23H28N2O6S. The number of thioether (sulfide) groups is 1. The number of nitrogens with zero attached hydrogens (tertiary/aromatic N) is 2. The molecule has 2 aliphatic heterocycles. The SMILES string of the molecule is CCOc1cc([C@H]2C(C(=O)OCC(C)C)=C(C)N=C3S[C@H](C)C(=O)N32)ccc1OC(C)=O. The number of hydrogen-bond acceptors (Lipinski definition) is 8. The van der Waals surface area contributed by atoms with Crippen molar-refractivity contribution in [3.8, 4) is 11.5 Å². The summed E-state index contributed by atoms with van der Waals surface area (Å²) in [6, 6.07) is 4.30. The van der Waals surface area contributed by atoms with Crippen LogP contribution in [-0.2, 0) is 19.1 Å². The minimum Gasteiger partial charge on any atom is -0.490 e. The molecule has 2 aliphatic rings. The first-order valence-electron chi connectivity index (χ1n) is 10.6. The Bertz CT molecular complexity index is 1000. The molecule has 0 bridgehead atoms. The molecule has 1 fully saturated rings. The van der Waals surface area contributed by atoms with Crippen LogP contribution in [0, 0.1) is 5.92 Å². The monoisotopic (exact) mass is 460 g/mol. The van der Waals surface area contributed by atoms with Crippen LogP contribution < -0.4 is 9.47 Å². The van der Waals surface area contributed by atoms with Crippen molar-refractivity contribution in [3.05, 3.63) is 35.0 Å². The van der Waals surface area contributed by atoms with Crippen LogP contribution >= 0.6 is 11.8 Å². The quantitative estimate of drug-likeness (QED) is 0.450. The summed E-state index contributed by atoms with van der Waals surface area (Å²) in [6.45, 7) is 11.2. The third-order valence-electron chi connectivity index (χ3n) is 4.86. The average Bonchev–Trinajstić information content (AvgIpc) is 2.99. The van der Waals surface area contributed by atoms with Gasteiger partial charge in [-0.05, 0) is 44.4 Å². The van der Waals surface area contributed by atoms with E-state index >= 15 is 0 Å². The molecule has 0 N–H and O–H groups in total. The summed E-state index contributed by atoms with van der Waals surface area (Å²) >= 11 is 1.36. The standard InChI is InChI=1S/C23H28N2O6S/c1-7-29-18-10-16(8-9-17(18)31-15(6)26)20-19(22(28)30-11-12(2)3)13(4)24-23-25(20)21(27)14(5)32-23/h8-10,12,14,20H,7,11H2,1-6H3/t14-,20+/m1/s1. The van der Waals surface area contributed by atoms with Gasteiger partial charge in [-0.1, -0.05) is 31.7 Å². The van der Waals surface area contributed by atoms with Gasteiger partial charge < -0.3 is 14.2 Å². The zero-order valence-electron chi connectivity index (χ0n) is 19.1. The highest BCUT2D eigenvalue weighted by molar-refractivity contribution is 8.15. The van der Waals surface area contributed by atoms with Crippen LogP contribution in [0.4, 0.5) is 0 Å². The second-order valence-corrected chi connectivity index (χ2v) is 9.30. The van der Waals surface area contributed by atoms with E-state index in [-0.39, 0.29) is 29.4 Å². The first kappa shape index (κ1) is 23.8. The molecule has 1 amide bonds. The molecule has 2 atom stereocenters. The van der Waals surface area contributed by atoms with Crippen molar-refractivity contribution >= 4 is 34.8 Å². The van der Waals surface area contributed by atoms with Gasteiger partial charge in [0.05, 0.1) is 35.8 Å². The van der Waals surface area contributed by atoms with Gasteiger partial charge >= 0.3 is 11.9 Å². The molecular weight excluding hydrogens is 432 g/mol. The maximum Gasteiger partial charge on any atom is 0.338 e. The predicted molar refractivity (Wildman–Crippen MR) is 121 cm³/mol. The smallest absolute Gasteiger partial charge is 0.338 e. The molecule has 3 rings (SSSR count). The lowest BCUT2D eigenvalue weighted by Gasteiger charge is -2.33. The fraction of sp³-hybridized carbons (Fsp3) is 0.478. The van der Waals surface area contributed by atoms with E-state index in [0.29, 0.717) is 34.4 Å². The van der Waals surface area contributed by atoms with Crippen LogP contribution in [0.15, 0.2) is 34.5 Å². The zero-order chi connectivity index (χ0) is 23.6. The molecule has 32 heavy (non-hydrogen) atoms. The average molecular weight is 461 g/mol. The molecule has 9 heteroatoms.